The molecule has 34 heavy (non-hydrogen) atoms. The minimum absolute atomic E-state index is 0.00538. The Morgan fingerprint density at radius 2 is 1.82 bits per heavy atom. The number of aryl methyl sites for hydroxylation is 1. The summed E-state index contributed by atoms with van der Waals surface area (Å²) in [5.41, 5.74) is 1.57. The van der Waals surface area contributed by atoms with E-state index in [9.17, 15) is 13.2 Å². The summed E-state index contributed by atoms with van der Waals surface area (Å²) in [6.07, 6.45) is 4.45. The molecule has 0 radical (unpaired) electrons. The summed E-state index contributed by atoms with van der Waals surface area (Å²) in [4.78, 5) is 20.2. The van der Waals surface area contributed by atoms with Gasteiger partial charge < -0.3 is 10.1 Å². The Bertz CT molecular complexity index is 1410. The van der Waals surface area contributed by atoms with Gasteiger partial charge in [-0.3, -0.25) is 4.79 Å². The van der Waals surface area contributed by atoms with Gasteiger partial charge in [0, 0.05) is 24.3 Å². The van der Waals surface area contributed by atoms with Crippen molar-refractivity contribution >= 4 is 39.2 Å². The molecule has 0 atom stereocenters. The van der Waals surface area contributed by atoms with Crippen LogP contribution in [0.1, 0.15) is 16.1 Å². The van der Waals surface area contributed by atoms with Crippen molar-refractivity contribution in [3.63, 3.8) is 0 Å². The van der Waals surface area contributed by atoms with Gasteiger partial charge in [-0.2, -0.15) is 5.10 Å². The van der Waals surface area contributed by atoms with Gasteiger partial charge >= 0.3 is 0 Å². The first-order valence-electron chi connectivity index (χ1n) is 9.94. The number of aromatic nitrogens is 4. The van der Waals surface area contributed by atoms with E-state index < -0.39 is 15.9 Å². The van der Waals surface area contributed by atoms with Gasteiger partial charge in [0.1, 0.15) is 5.75 Å². The zero-order valence-corrected chi connectivity index (χ0v) is 19.4. The number of benzene rings is 2. The van der Waals surface area contributed by atoms with E-state index >= 15 is 0 Å². The van der Waals surface area contributed by atoms with E-state index in [1.165, 1.54) is 41.3 Å². The summed E-state index contributed by atoms with van der Waals surface area (Å²) in [5, 5.41) is 7.35. The van der Waals surface area contributed by atoms with Crippen LogP contribution in [0.3, 0.4) is 0 Å². The Kier molecular flexibility index (Phi) is 6.75. The highest BCUT2D eigenvalue weighted by molar-refractivity contribution is 7.92. The zero-order valence-electron chi connectivity index (χ0n) is 17.8. The quantitative estimate of drug-likeness (QED) is 0.379. The van der Waals surface area contributed by atoms with Crippen LogP contribution >= 0.6 is 11.6 Å². The standard InChI is InChI=1S/C22H19ClN6O4S/c1-15-3-8-18(23)20(13-15)33-14-29-12-9-19(27-29)21(30)26-16-4-6-17(7-5-16)34(31,32)28-22-24-10-2-11-25-22/h2-13H,14H2,1H3,(H,26,30)(H,24,25,28). The normalized spacial score (nSPS) is 11.1. The molecule has 0 fully saturated rings. The average molecular weight is 499 g/mol. The number of nitrogens with one attached hydrogen (secondary N) is 2. The lowest BCUT2D eigenvalue weighted by Gasteiger charge is -2.09. The largest absolute Gasteiger partial charge is 0.470 e. The molecule has 1 amide bonds. The molecular weight excluding hydrogens is 480 g/mol. The van der Waals surface area contributed by atoms with Gasteiger partial charge in [-0.15, -0.1) is 0 Å². The van der Waals surface area contributed by atoms with E-state index in [4.69, 9.17) is 16.3 Å². The highest BCUT2D eigenvalue weighted by Crippen LogP contribution is 2.25. The smallest absolute Gasteiger partial charge is 0.276 e. The predicted octanol–water partition coefficient (Wildman–Crippen LogP) is 3.72. The van der Waals surface area contributed by atoms with Crippen molar-refractivity contribution in [2.24, 2.45) is 0 Å². The summed E-state index contributed by atoms with van der Waals surface area (Å²) >= 11 is 6.12. The van der Waals surface area contributed by atoms with E-state index in [1.807, 2.05) is 19.1 Å². The number of amides is 1. The Hall–Kier alpha value is -3.96. The Morgan fingerprint density at radius 1 is 1.09 bits per heavy atom. The van der Waals surface area contributed by atoms with Crippen molar-refractivity contribution in [2.75, 3.05) is 10.0 Å². The SMILES string of the molecule is Cc1ccc(Cl)c(OCn2ccc(C(=O)Nc3ccc(S(=O)(=O)Nc4ncccn4)cc3)n2)c1. The fourth-order valence-corrected chi connectivity index (χ4v) is 3.99. The molecule has 0 aliphatic heterocycles. The topological polar surface area (TPSA) is 128 Å². The molecule has 12 heteroatoms. The molecule has 2 aromatic heterocycles. The van der Waals surface area contributed by atoms with E-state index in [1.54, 1.807) is 24.4 Å². The fourth-order valence-electron chi connectivity index (χ4n) is 2.86. The van der Waals surface area contributed by atoms with Gasteiger partial charge in [0.05, 0.1) is 9.92 Å². The minimum Gasteiger partial charge on any atom is -0.470 e. The Balaban J connectivity index is 1.37. The van der Waals surface area contributed by atoms with Gasteiger partial charge in [0.2, 0.25) is 5.95 Å². The van der Waals surface area contributed by atoms with E-state index in [0.717, 1.165) is 5.56 Å². The molecule has 0 bridgehead atoms. The molecule has 0 aliphatic rings. The molecule has 0 unspecified atom stereocenters. The average Bonchev–Trinajstić information content (AvgIpc) is 3.30. The Labute approximate surface area is 200 Å². The lowest BCUT2D eigenvalue weighted by molar-refractivity contribution is 0.102. The summed E-state index contributed by atoms with van der Waals surface area (Å²) in [7, 11) is -3.87. The van der Waals surface area contributed by atoms with Gasteiger partial charge in [0.25, 0.3) is 15.9 Å². The van der Waals surface area contributed by atoms with Crippen LogP contribution in [0.15, 0.2) is 78.1 Å². The monoisotopic (exact) mass is 498 g/mol. The van der Waals surface area contributed by atoms with Crippen LogP contribution in [0.2, 0.25) is 5.02 Å². The molecular formula is C22H19ClN6O4S. The predicted molar refractivity (Wildman–Crippen MR) is 126 cm³/mol. The number of anilines is 2. The van der Waals surface area contributed by atoms with Gasteiger partial charge in [-0.05, 0) is 61.0 Å². The van der Waals surface area contributed by atoms with Crippen molar-refractivity contribution in [1.29, 1.82) is 0 Å². The van der Waals surface area contributed by atoms with E-state index in [2.05, 4.69) is 25.1 Å². The first kappa shape index (κ1) is 23.2. The Morgan fingerprint density at radius 3 is 2.56 bits per heavy atom. The molecule has 0 spiro atoms. The third-order valence-electron chi connectivity index (χ3n) is 4.53. The van der Waals surface area contributed by atoms with Crippen LogP contribution in [0.25, 0.3) is 0 Å². The first-order chi connectivity index (χ1) is 16.3. The molecule has 174 valence electrons. The molecule has 2 N–H and O–H groups in total. The van der Waals surface area contributed by atoms with E-state index in [0.29, 0.717) is 16.5 Å². The van der Waals surface area contributed by atoms with E-state index in [-0.39, 0.29) is 23.3 Å². The number of rotatable bonds is 8. The summed E-state index contributed by atoms with van der Waals surface area (Å²) in [5.74, 6) is 0.0226. The number of carbonyl (C=O) groups excluding carboxylic acids is 1. The number of carbonyl (C=O) groups is 1. The fraction of sp³-hybridized carbons (Fsp3) is 0.0909. The van der Waals surface area contributed by atoms with Crippen molar-refractivity contribution < 1.29 is 17.9 Å². The maximum absolute atomic E-state index is 12.5. The lowest BCUT2D eigenvalue weighted by atomic mass is 10.2. The number of ether oxygens (including phenoxy) is 1. The van der Waals surface area contributed by atoms with Crippen LogP contribution < -0.4 is 14.8 Å². The highest BCUT2D eigenvalue weighted by atomic mass is 35.5. The molecule has 10 nitrogen and oxygen atoms in total. The van der Waals surface area contributed by atoms with Gasteiger partial charge in [-0.25, -0.2) is 27.8 Å². The molecule has 4 rings (SSSR count). The maximum atomic E-state index is 12.5. The first-order valence-corrected chi connectivity index (χ1v) is 11.8. The molecule has 0 saturated carbocycles. The van der Waals surface area contributed by atoms with Crippen LogP contribution in [0.5, 0.6) is 5.75 Å². The summed E-state index contributed by atoms with van der Waals surface area (Å²) in [6.45, 7) is 2.00. The second-order valence-electron chi connectivity index (χ2n) is 7.10. The zero-order chi connectivity index (χ0) is 24.1. The second-order valence-corrected chi connectivity index (χ2v) is 9.19. The van der Waals surface area contributed by atoms with Crippen molar-refractivity contribution in [3.8, 4) is 5.75 Å². The summed E-state index contributed by atoms with van der Waals surface area (Å²) < 4.78 is 34.3. The summed E-state index contributed by atoms with van der Waals surface area (Å²) in [6, 6.07) is 14.2. The second kappa shape index (κ2) is 9.89. The lowest BCUT2D eigenvalue weighted by Crippen LogP contribution is -2.16. The van der Waals surface area contributed by atoms with Gasteiger partial charge in [-0.1, -0.05) is 17.7 Å². The van der Waals surface area contributed by atoms with Crippen LogP contribution in [0.4, 0.5) is 11.6 Å². The molecule has 4 aromatic rings. The maximum Gasteiger partial charge on any atom is 0.276 e. The number of sulfonamides is 1. The number of hydrogen-bond donors (Lipinski definition) is 2. The molecule has 2 aromatic carbocycles. The van der Waals surface area contributed by atoms with Crippen LogP contribution in [-0.4, -0.2) is 34.1 Å². The van der Waals surface area contributed by atoms with Gasteiger partial charge in [0.15, 0.2) is 12.4 Å². The molecule has 0 aliphatic carbocycles. The third kappa shape index (κ3) is 5.69. The minimum atomic E-state index is -3.87. The third-order valence-corrected chi connectivity index (χ3v) is 6.18. The molecule has 2 heterocycles. The highest BCUT2D eigenvalue weighted by Gasteiger charge is 2.16. The van der Waals surface area contributed by atoms with Crippen molar-refractivity contribution in [3.05, 3.63) is 89.5 Å². The number of halogens is 1. The van der Waals surface area contributed by atoms with Crippen LogP contribution in [-0.2, 0) is 16.8 Å². The van der Waals surface area contributed by atoms with Crippen molar-refractivity contribution in [2.45, 2.75) is 18.6 Å². The van der Waals surface area contributed by atoms with Crippen LogP contribution in [0, 0.1) is 6.92 Å². The number of hydrogen-bond acceptors (Lipinski definition) is 7. The number of nitrogens with zero attached hydrogens (tertiary/aromatic N) is 4. The molecule has 0 saturated heterocycles. The van der Waals surface area contributed by atoms with Crippen molar-refractivity contribution in [1.82, 2.24) is 19.7 Å².